The molecule has 1 N–H and O–H groups in total. The van der Waals surface area contributed by atoms with E-state index in [-0.39, 0.29) is 18.6 Å². The molecule has 26 heavy (non-hydrogen) atoms. The molecule has 2 amide bonds. The number of piperidine rings is 1. The van der Waals surface area contributed by atoms with E-state index < -0.39 is 6.09 Å². The Morgan fingerprint density at radius 1 is 1.27 bits per heavy atom. The van der Waals surface area contributed by atoms with Gasteiger partial charge in [0, 0.05) is 36.9 Å². The summed E-state index contributed by atoms with van der Waals surface area (Å²) >= 11 is 0. The van der Waals surface area contributed by atoms with Gasteiger partial charge >= 0.3 is 6.09 Å². The van der Waals surface area contributed by atoms with Gasteiger partial charge in [-0.1, -0.05) is 24.3 Å². The van der Waals surface area contributed by atoms with Crippen molar-refractivity contribution in [2.75, 3.05) is 20.2 Å². The summed E-state index contributed by atoms with van der Waals surface area (Å²) in [5.41, 5.74) is 1.06. The Balaban J connectivity index is 1.64. The summed E-state index contributed by atoms with van der Waals surface area (Å²) in [6.07, 6.45) is 6.13. The molecule has 0 aliphatic carbocycles. The maximum absolute atomic E-state index is 12.4. The van der Waals surface area contributed by atoms with Crippen molar-refractivity contribution in [1.29, 1.82) is 0 Å². The molecule has 1 atom stereocenters. The number of hydrogen-bond acceptors (Lipinski definition) is 4. The molecule has 1 aliphatic rings. The normalized spacial score (nSPS) is 17.1. The summed E-state index contributed by atoms with van der Waals surface area (Å²) < 4.78 is 5.15. The first-order chi connectivity index (χ1) is 12.7. The zero-order valence-corrected chi connectivity index (χ0v) is 15.1. The number of benzene rings is 1. The number of amides is 2. The molecule has 6 nitrogen and oxygen atoms in total. The van der Waals surface area contributed by atoms with Crippen molar-refractivity contribution in [3.05, 3.63) is 42.2 Å². The van der Waals surface area contributed by atoms with Crippen LogP contribution in [0.1, 0.15) is 31.4 Å². The number of nitrogens with one attached hydrogen (secondary N) is 1. The van der Waals surface area contributed by atoms with Crippen molar-refractivity contribution in [1.82, 2.24) is 15.2 Å². The van der Waals surface area contributed by atoms with Crippen LogP contribution in [0, 0.1) is 0 Å². The van der Waals surface area contributed by atoms with Gasteiger partial charge in [-0.15, -0.1) is 0 Å². The van der Waals surface area contributed by atoms with E-state index in [1.165, 1.54) is 17.8 Å². The van der Waals surface area contributed by atoms with Crippen molar-refractivity contribution in [2.45, 2.75) is 38.1 Å². The first-order valence-corrected chi connectivity index (χ1v) is 9.15. The van der Waals surface area contributed by atoms with Crippen LogP contribution in [-0.2, 0) is 16.0 Å². The van der Waals surface area contributed by atoms with Crippen LogP contribution in [-0.4, -0.2) is 48.1 Å². The van der Waals surface area contributed by atoms with E-state index in [0.29, 0.717) is 6.54 Å². The number of aromatic nitrogens is 1. The number of carbonyl (C=O) groups excluding carboxylic acids is 2. The summed E-state index contributed by atoms with van der Waals surface area (Å²) in [4.78, 5) is 30.0. The summed E-state index contributed by atoms with van der Waals surface area (Å²) in [5.74, 6) is -0.299. The van der Waals surface area contributed by atoms with Gasteiger partial charge in [-0.25, -0.2) is 4.79 Å². The van der Waals surface area contributed by atoms with Crippen LogP contribution in [0.3, 0.4) is 0 Å². The minimum atomic E-state index is -0.399. The first-order valence-electron chi connectivity index (χ1n) is 9.15. The van der Waals surface area contributed by atoms with Crippen molar-refractivity contribution >= 4 is 22.8 Å². The van der Waals surface area contributed by atoms with Gasteiger partial charge in [0.05, 0.1) is 0 Å². The van der Waals surface area contributed by atoms with Crippen molar-refractivity contribution in [3.8, 4) is 0 Å². The van der Waals surface area contributed by atoms with Crippen LogP contribution in [0.25, 0.3) is 10.8 Å². The molecule has 1 aromatic heterocycles. The van der Waals surface area contributed by atoms with Gasteiger partial charge < -0.3 is 15.0 Å². The van der Waals surface area contributed by atoms with Crippen LogP contribution in [0.2, 0.25) is 0 Å². The van der Waals surface area contributed by atoms with Crippen LogP contribution in [0.4, 0.5) is 4.79 Å². The van der Waals surface area contributed by atoms with Crippen LogP contribution < -0.4 is 5.32 Å². The van der Waals surface area contributed by atoms with E-state index in [2.05, 4.69) is 22.4 Å². The van der Waals surface area contributed by atoms with Gasteiger partial charge in [-0.3, -0.25) is 9.78 Å². The molecular formula is C20H25N3O3. The van der Waals surface area contributed by atoms with E-state index in [0.717, 1.165) is 37.8 Å². The monoisotopic (exact) mass is 355 g/mol. The Bertz CT molecular complexity index is 772. The highest BCUT2D eigenvalue weighted by atomic mass is 16.6. The first kappa shape index (κ1) is 18.2. The Kier molecular flexibility index (Phi) is 6.04. The number of rotatable bonds is 5. The van der Waals surface area contributed by atoms with Gasteiger partial charge in [0.15, 0.2) is 6.61 Å². The fourth-order valence-electron chi connectivity index (χ4n) is 3.51. The van der Waals surface area contributed by atoms with E-state index in [1.807, 2.05) is 24.4 Å². The fourth-order valence-corrected chi connectivity index (χ4v) is 3.51. The average Bonchev–Trinajstić information content (AvgIpc) is 2.70. The van der Waals surface area contributed by atoms with Crippen molar-refractivity contribution in [3.63, 3.8) is 0 Å². The number of likely N-dealkylation sites (N-methyl/N-ethyl adjacent to an activating group) is 1. The number of hydrogen-bond donors (Lipinski definition) is 1. The lowest BCUT2D eigenvalue weighted by Gasteiger charge is -2.35. The zero-order chi connectivity index (χ0) is 18.4. The second-order valence-corrected chi connectivity index (χ2v) is 6.59. The zero-order valence-electron chi connectivity index (χ0n) is 15.1. The molecule has 1 aliphatic heterocycles. The molecule has 0 bridgehead atoms. The van der Waals surface area contributed by atoms with Crippen LogP contribution in [0.15, 0.2) is 36.5 Å². The molecule has 1 saturated heterocycles. The molecule has 0 spiro atoms. The number of carbonyl (C=O) groups is 2. The summed E-state index contributed by atoms with van der Waals surface area (Å²) in [7, 11) is 1.52. The van der Waals surface area contributed by atoms with Crippen molar-refractivity contribution < 1.29 is 14.3 Å². The van der Waals surface area contributed by atoms with E-state index in [4.69, 9.17) is 4.74 Å². The number of nitrogens with zero attached hydrogens (tertiary/aromatic N) is 2. The van der Waals surface area contributed by atoms with Gasteiger partial charge in [-0.2, -0.15) is 0 Å². The third-order valence-electron chi connectivity index (χ3n) is 4.94. The second-order valence-electron chi connectivity index (χ2n) is 6.59. The topological polar surface area (TPSA) is 71.5 Å². The van der Waals surface area contributed by atoms with Crippen molar-refractivity contribution in [2.24, 2.45) is 0 Å². The van der Waals surface area contributed by atoms with E-state index >= 15 is 0 Å². The second kappa shape index (κ2) is 8.65. The molecule has 1 unspecified atom stereocenters. The smallest absolute Gasteiger partial charge is 0.410 e. The number of ether oxygens (including phenoxy) is 1. The molecule has 0 saturated carbocycles. The Morgan fingerprint density at radius 3 is 2.96 bits per heavy atom. The number of fused-ring (bicyclic) bond motifs is 1. The standard InChI is InChI=1S/C20H25N3O3/c1-21-19(24)14-26-20(25)23-13-5-4-7-16(23)9-10-18-17-8-3-2-6-15(17)11-12-22-18/h2-3,6,8,11-12,16H,4-5,7,9-10,13-14H2,1H3,(H,21,24). The van der Waals surface area contributed by atoms with E-state index in [1.54, 1.807) is 4.90 Å². The third-order valence-corrected chi connectivity index (χ3v) is 4.94. The van der Waals surface area contributed by atoms with Crippen LogP contribution >= 0.6 is 0 Å². The largest absolute Gasteiger partial charge is 0.439 e. The molecule has 2 heterocycles. The molecule has 1 fully saturated rings. The highest BCUT2D eigenvalue weighted by molar-refractivity contribution is 5.84. The molecule has 138 valence electrons. The molecule has 0 radical (unpaired) electrons. The Labute approximate surface area is 153 Å². The highest BCUT2D eigenvalue weighted by Gasteiger charge is 2.28. The SMILES string of the molecule is CNC(=O)COC(=O)N1CCCCC1CCc1nccc2ccccc12. The third kappa shape index (κ3) is 4.31. The number of likely N-dealkylation sites (tertiary alicyclic amines) is 1. The maximum atomic E-state index is 12.4. The molecule has 3 rings (SSSR count). The highest BCUT2D eigenvalue weighted by Crippen LogP contribution is 2.24. The number of aryl methyl sites for hydroxylation is 1. The molecule has 6 heteroatoms. The maximum Gasteiger partial charge on any atom is 0.410 e. The lowest BCUT2D eigenvalue weighted by Crippen LogP contribution is -2.45. The van der Waals surface area contributed by atoms with E-state index in [9.17, 15) is 9.59 Å². The summed E-state index contributed by atoms with van der Waals surface area (Å²) in [6, 6.07) is 10.4. The fraction of sp³-hybridized carbons (Fsp3) is 0.450. The Hall–Kier alpha value is -2.63. The minimum Gasteiger partial charge on any atom is -0.439 e. The van der Waals surface area contributed by atoms with Crippen LogP contribution in [0.5, 0.6) is 0 Å². The van der Waals surface area contributed by atoms with Gasteiger partial charge in [-0.05, 0) is 43.6 Å². The number of pyridine rings is 1. The molecule has 2 aromatic rings. The molecular weight excluding hydrogens is 330 g/mol. The average molecular weight is 355 g/mol. The van der Waals surface area contributed by atoms with Gasteiger partial charge in [0.1, 0.15) is 0 Å². The van der Waals surface area contributed by atoms with Gasteiger partial charge in [0.25, 0.3) is 5.91 Å². The Morgan fingerprint density at radius 2 is 2.12 bits per heavy atom. The quantitative estimate of drug-likeness (QED) is 0.895. The van der Waals surface area contributed by atoms with Gasteiger partial charge in [0.2, 0.25) is 0 Å². The summed E-state index contributed by atoms with van der Waals surface area (Å²) in [6.45, 7) is 0.448. The minimum absolute atomic E-state index is 0.127. The lowest BCUT2D eigenvalue weighted by molar-refractivity contribution is -0.123. The predicted molar refractivity (Wildman–Crippen MR) is 99.8 cm³/mol. The predicted octanol–water partition coefficient (Wildman–Crippen LogP) is 2.90. The lowest BCUT2D eigenvalue weighted by atomic mass is 9.96. The summed E-state index contributed by atoms with van der Waals surface area (Å²) in [5, 5.41) is 4.80. The molecule has 1 aromatic carbocycles.